The van der Waals surface area contributed by atoms with Gasteiger partial charge in [-0.15, -0.1) is 0 Å². The van der Waals surface area contributed by atoms with E-state index in [0.29, 0.717) is 18.7 Å². The number of hydrogen-bond donors (Lipinski definition) is 1. The van der Waals surface area contributed by atoms with Crippen molar-refractivity contribution in [2.45, 2.75) is 13.5 Å². The SMILES string of the molecule is CCOc1ccc(-c2ccc(CNC)c(F)c2)cc1. The van der Waals surface area contributed by atoms with Gasteiger partial charge in [0.2, 0.25) is 0 Å². The first-order chi connectivity index (χ1) is 9.24. The van der Waals surface area contributed by atoms with Gasteiger partial charge in [0.1, 0.15) is 11.6 Å². The van der Waals surface area contributed by atoms with Crippen LogP contribution in [0, 0.1) is 5.82 Å². The lowest BCUT2D eigenvalue weighted by Gasteiger charge is -2.07. The fraction of sp³-hybridized carbons (Fsp3) is 0.250. The molecule has 2 aromatic rings. The van der Waals surface area contributed by atoms with E-state index < -0.39 is 0 Å². The van der Waals surface area contributed by atoms with E-state index in [-0.39, 0.29) is 5.82 Å². The second-order valence-electron chi connectivity index (χ2n) is 4.29. The summed E-state index contributed by atoms with van der Waals surface area (Å²) in [6.45, 7) is 3.13. The molecule has 0 aliphatic carbocycles. The third kappa shape index (κ3) is 3.32. The Labute approximate surface area is 113 Å². The lowest BCUT2D eigenvalue weighted by atomic mass is 10.0. The third-order valence-electron chi connectivity index (χ3n) is 2.92. The van der Waals surface area contributed by atoms with Crippen molar-refractivity contribution in [2.75, 3.05) is 13.7 Å². The average molecular weight is 259 g/mol. The van der Waals surface area contributed by atoms with Gasteiger partial charge in [0.25, 0.3) is 0 Å². The molecule has 3 heteroatoms. The van der Waals surface area contributed by atoms with Crippen molar-refractivity contribution in [1.29, 1.82) is 0 Å². The first-order valence-electron chi connectivity index (χ1n) is 6.41. The van der Waals surface area contributed by atoms with E-state index in [1.165, 1.54) is 0 Å². The van der Waals surface area contributed by atoms with Crippen LogP contribution in [-0.4, -0.2) is 13.7 Å². The highest BCUT2D eigenvalue weighted by Gasteiger charge is 2.04. The molecule has 0 radical (unpaired) electrons. The fourth-order valence-electron chi connectivity index (χ4n) is 1.97. The summed E-state index contributed by atoms with van der Waals surface area (Å²) < 4.78 is 19.2. The molecule has 0 fully saturated rings. The maximum atomic E-state index is 13.9. The third-order valence-corrected chi connectivity index (χ3v) is 2.92. The van der Waals surface area contributed by atoms with Gasteiger partial charge in [-0.1, -0.05) is 24.3 Å². The van der Waals surface area contributed by atoms with Gasteiger partial charge in [0.05, 0.1) is 6.61 Å². The van der Waals surface area contributed by atoms with Gasteiger partial charge < -0.3 is 10.1 Å². The molecular formula is C16H18FNO. The minimum absolute atomic E-state index is 0.180. The topological polar surface area (TPSA) is 21.3 Å². The first kappa shape index (κ1) is 13.6. The van der Waals surface area contributed by atoms with Crippen LogP contribution in [0.25, 0.3) is 11.1 Å². The monoisotopic (exact) mass is 259 g/mol. The van der Waals surface area contributed by atoms with E-state index in [1.807, 2.05) is 43.3 Å². The van der Waals surface area contributed by atoms with Crippen LogP contribution < -0.4 is 10.1 Å². The first-order valence-corrected chi connectivity index (χ1v) is 6.41. The molecule has 0 unspecified atom stereocenters. The molecule has 0 bridgehead atoms. The van der Waals surface area contributed by atoms with Crippen LogP contribution in [0.2, 0.25) is 0 Å². The zero-order chi connectivity index (χ0) is 13.7. The molecule has 2 aromatic carbocycles. The second kappa shape index (κ2) is 6.34. The highest BCUT2D eigenvalue weighted by molar-refractivity contribution is 5.64. The maximum Gasteiger partial charge on any atom is 0.128 e. The van der Waals surface area contributed by atoms with E-state index in [1.54, 1.807) is 13.1 Å². The Hall–Kier alpha value is -1.87. The zero-order valence-corrected chi connectivity index (χ0v) is 11.2. The molecule has 0 heterocycles. The van der Waals surface area contributed by atoms with Gasteiger partial charge in [0, 0.05) is 12.1 Å². The lowest BCUT2D eigenvalue weighted by Crippen LogP contribution is -2.06. The summed E-state index contributed by atoms with van der Waals surface area (Å²) in [6, 6.07) is 13.0. The van der Waals surface area contributed by atoms with Crippen LogP contribution in [0.3, 0.4) is 0 Å². The standard InChI is InChI=1S/C16H18FNO/c1-3-19-15-8-6-12(7-9-15)13-4-5-14(11-18-2)16(17)10-13/h4-10,18H,3,11H2,1-2H3. The highest BCUT2D eigenvalue weighted by atomic mass is 19.1. The smallest absolute Gasteiger partial charge is 0.128 e. The molecule has 0 spiro atoms. The summed E-state index contributed by atoms with van der Waals surface area (Å²) in [7, 11) is 1.81. The number of halogens is 1. The molecule has 0 amide bonds. The zero-order valence-electron chi connectivity index (χ0n) is 11.2. The Balaban J connectivity index is 2.24. The Morgan fingerprint density at radius 1 is 1.05 bits per heavy atom. The number of ether oxygens (including phenoxy) is 1. The Morgan fingerprint density at radius 3 is 2.32 bits per heavy atom. The van der Waals surface area contributed by atoms with Crippen LogP contribution >= 0.6 is 0 Å². The number of nitrogens with one attached hydrogen (secondary N) is 1. The fourth-order valence-corrected chi connectivity index (χ4v) is 1.97. The molecule has 0 saturated carbocycles. The molecule has 1 N–H and O–H groups in total. The van der Waals surface area contributed by atoms with Crippen LogP contribution in [0.15, 0.2) is 42.5 Å². The van der Waals surface area contributed by atoms with Gasteiger partial charge in [-0.3, -0.25) is 0 Å². The summed E-state index contributed by atoms with van der Waals surface area (Å²) in [6.07, 6.45) is 0. The quantitative estimate of drug-likeness (QED) is 0.885. The number of benzene rings is 2. The second-order valence-corrected chi connectivity index (χ2v) is 4.29. The van der Waals surface area contributed by atoms with Crippen LogP contribution in [0.4, 0.5) is 4.39 Å². The van der Waals surface area contributed by atoms with Crippen molar-refractivity contribution in [3.8, 4) is 16.9 Å². The van der Waals surface area contributed by atoms with Crippen molar-refractivity contribution in [3.05, 3.63) is 53.8 Å². The molecule has 0 aliphatic rings. The average Bonchev–Trinajstić information content (AvgIpc) is 2.43. The molecule has 19 heavy (non-hydrogen) atoms. The Morgan fingerprint density at radius 2 is 1.74 bits per heavy atom. The number of rotatable bonds is 5. The molecule has 2 rings (SSSR count). The molecule has 0 aliphatic heterocycles. The maximum absolute atomic E-state index is 13.9. The van der Waals surface area contributed by atoms with Crippen molar-refractivity contribution in [1.82, 2.24) is 5.32 Å². The Bertz CT molecular complexity index is 537. The summed E-state index contributed by atoms with van der Waals surface area (Å²) in [5.41, 5.74) is 2.54. The molecule has 0 atom stereocenters. The summed E-state index contributed by atoms with van der Waals surface area (Å²) in [5.74, 6) is 0.652. The van der Waals surface area contributed by atoms with Gasteiger partial charge in [-0.2, -0.15) is 0 Å². The van der Waals surface area contributed by atoms with Gasteiger partial charge in [-0.25, -0.2) is 4.39 Å². The van der Waals surface area contributed by atoms with E-state index in [4.69, 9.17) is 4.74 Å². The molecule has 0 saturated heterocycles. The molecular weight excluding hydrogens is 241 g/mol. The Kier molecular flexibility index (Phi) is 4.53. The van der Waals surface area contributed by atoms with Crippen molar-refractivity contribution < 1.29 is 9.13 Å². The number of hydrogen-bond acceptors (Lipinski definition) is 2. The van der Waals surface area contributed by atoms with E-state index in [0.717, 1.165) is 16.9 Å². The largest absolute Gasteiger partial charge is 0.494 e. The summed E-state index contributed by atoms with van der Waals surface area (Å²) >= 11 is 0. The van der Waals surface area contributed by atoms with Gasteiger partial charge >= 0.3 is 0 Å². The van der Waals surface area contributed by atoms with Gasteiger partial charge in [0.15, 0.2) is 0 Å². The molecule has 100 valence electrons. The molecule has 2 nitrogen and oxygen atoms in total. The van der Waals surface area contributed by atoms with Gasteiger partial charge in [-0.05, 0) is 43.3 Å². The molecule has 0 aromatic heterocycles. The summed E-state index contributed by atoms with van der Waals surface area (Å²) in [5, 5.41) is 2.95. The normalized spacial score (nSPS) is 10.5. The van der Waals surface area contributed by atoms with E-state index in [9.17, 15) is 4.39 Å². The van der Waals surface area contributed by atoms with Crippen LogP contribution in [0.5, 0.6) is 5.75 Å². The van der Waals surface area contributed by atoms with Crippen molar-refractivity contribution >= 4 is 0 Å². The minimum atomic E-state index is -0.180. The predicted molar refractivity (Wildman–Crippen MR) is 75.8 cm³/mol. The highest BCUT2D eigenvalue weighted by Crippen LogP contribution is 2.24. The van der Waals surface area contributed by atoms with E-state index >= 15 is 0 Å². The minimum Gasteiger partial charge on any atom is -0.494 e. The van der Waals surface area contributed by atoms with Crippen molar-refractivity contribution in [3.63, 3.8) is 0 Å². The van der Waals surface area contributed by atoms with Crippen LogP contribution in [-0.2, 0) is 6.54 Å². The summed E-state index contributed by atoms with van der Waals surface area (Å²) in [4.78, 5) is 0. The predicted octanol–water partition coefficient (Wildman–Crippen LogP) is 3.61. The van der Waals surface area contributed by atoms with Crippen LogP contribution in [0.1, 0.15) is 12.5 Å². The van der Waals surface area contributed by atoms with Crippen molar-refractivity contribution in [2.24, 2.45) is 0 Å². The lowest BCUT2D eigenvalue weighted by molar-refractivity contribution is 0.340. The van der Waals surface area contributed by atoms with E-state index in [2.05, 4.69) is 5.32 Å².